The normalized spacial score (nSPS) is 10.8. The van der Waals surface area contributed by atoms with Gasteiger partial charge in [-0.2, -0.15) is 0 Å². The molecule has 0 unspecified atom stereocenters. The van der Waals surface area contributed by atoms with Gasteiger partial charge in [0.15, 0.2) is 11.6 Å². The molecular weight excluding hydrogens is 229 g/mol. The highest BCUT2D eigenvalue weighted by molar-refractivity contribution is 5.81. The van der Waals surface area contributed by atoms with Crippen molar-refractivity contribution in [3.05, 3.63) is 35.7 Å². The van der Waals surface area contributed by atoms with Gasteiger partial charge in [-0.15, -0.1) is 0 Å². The van der Waals surface area contributed by atoms with E-state index in [0.29, 0.717) is 18.4 Å². The second-order valence-electron chi connectivity index (χ2n) is 3.67. The third-order valence-corrected chi connectivity index (χ3v) is 2.38. The first-order chi connectivity index (χ1) is 8.13. The zero-order valence-corrected chi connectivity index (χ0v) is 9.23. The molecule has 1 aromatic heterocycles. The molecule has 90 valence electrons. The lowest BCUT2D eigenvalue weighted by Gasteiger charge is -2.06. The third-order valence-electron chi connectivity index (χ3n) is 2.38. The molecule has 2 rings (SSSR count). The van der Waals surface area contributed by atoms with Crippen LogP contribution < -0.4 is 5.32 Å². The van der Waals surface area contributed by atoms with Crippen LogP contribution in [0.2, 0.25) is 0 Å². The van der Waals surface area contributed by atoms with Gasteiger partial charge in [0.05, 0.1) is 0 Å². The van der Waals surface area contributed by atoms with Crippen molar-refractivity contribution < 1.29 is 13.2 Å². The van der Waals surface area contributed by atoms with E-state index in [-0.39, 0.29) is 10.9 Å². The average Bonchev–Trinajstić information content (AvgIpc) is 2.33. The fraction of sp³-hybridized carbons (Fsp3) is 0.250. The molecule has 1 heterocycles. The first-order valence-corrected chi connectivity index (χ1v) is 5.31. The zero-order valence-electron chi connectivity index (χ0n) is 9.23. The summed E-state index contributed by atoms with van der Waals surface area (Å²) in [7, 11) is 0. The van der Waals surface area contributed by atoms with Gasteiger partial charge in [0.25, 0.3) is 0 Å². The summed E-state index contributed by atoms with van der Waals surface area (Å²) in [6.45, 7) is 2.63. The lowest BCUT2D eigenvalue weighted by molar-refractivity contribution is 0.504. The summed E-state index contributed by atoms with van der Waals surface area (Å²) < 4.78 is 39.8. The van der Waals surface area contributed by atoms with Crippen LogP contribution in [0.25, 0.3) is 10.9 Å². The molecule has 0 saturated heterocycles. The van der Waals surface area contributed by atoms with Crippen molar-refractivity contribution in [3.63, 3.8) is 0 Å². The number of nitrogens with zero attached hydrogens (tertiary/aromatic N) is 1. The van der Waals surface area contributed by atoms with Crippen molar-refractivity contribution >= 4 is 16.7 Å². The molecule has 0 atom stereocenters. The quantitative estimate of drug-likeness (QED) is 0.831. The molecule has 2 nitrogen and oxygen atoms in total. The predicted molar refractivity (Wildman–Crippen MR) is 60.4 cm³/mol. The summed E-state index contributed by atoms with van der Waals surface area (Å²) in [6.07, 6.45) is 0.875. The van der Waals surface area contributed by atoms with Gasteiger partial charge in [0, 0.05) is 18.0 Å². The summed E-state index contributed by atoms with van der Waals surface area (Å²) in [5.74, 6) is -2.76. The molecule has 2 aromatic rings. The van der Waals surface area contributed by atoms with E-state index in [1.54, 1.807) is 6.07 Å². The van der Waals surface area contributed by atoms with Crippen molar-refractivity contribution in [2.24, 2.45) is 0 Å². The second-order valence-corrected chi connectivity index (χ2v) is 3.67. The maximum Gasteiger partial charge on any atom is 0.185 e. The van der Waals surface area contributed by atoms with Gasteiger partial charge in [-0.05, 0) is 18.6 Å². The third kappa shape index (κ3) is 2.18. The molecule has 0 aliphatic carbocycles. The molecule has 0 bridgehead atoms. The fourth-order valence-corrected chi connectivity index (χ4v) is 1.54. The van der Waals surface area contributed by atoms with Crippen LogP contribution in [0.15, 0.2) is 18.2 Å². The number of rotatable bonds is 3. The highest BCUT2D eigenvalue weighted by Gasteiger charge is 2.13. The van der Waals surface area contributed by atoms with Gasteiger partial charge in [0.1, 0.15) is 17.2 Å². The maximum absolute atomic E-state index is 13.4. The van der Waals surface area contributed by atoms with Gasteiger partial charge < -0.3 is 5.32 Å². The maximum atomic E-state index is 13.4. The number of aromatic nitrogens is 1. The standard InChI is InChI=1S/C12H11F3N2/c1-2-5-16-10-4-3-7-8(13)6-9(14)11(15)12(7)17-10/h3-4,6H,2,5H2,1H3,(H,16,17). The number of benzene rings is 1. The molecule has 0 saturated carbocycles. The largest absolute Gasteiger partial charge is 0.370 e. The van der Waals surface area contributed by atoms with Gasteiger partial charge in [0.2, 0.25) is 0 Å². The highest BCUT2D eigenvalue weighted by Crippen LogP contribution is 2.23. The number of nitrogens with one attached hydrogen (secondary N) is 1. The van der Waals surface area contributed by atoms with Crippen LogP contribution >= 0.6 is 0 Å². The minimum absolute atomic E-state index is 0.0223. The van der Waals surface area contributed by atoms with Crippen molar-refractivity contribution in [2.45, 2.75) is 13.3 Å². The van der Waals surface area contributed by atoms with Crippen LogP contribution in [-0.4, -0.2) is 11.5 Å². The van der Waals surface area contributed by atoms with Crippen LogP contribution in [0.3, 0.4) is 0 Å². The van der Waals surface area contributed by atoms with Crippen LogP contribution in [-0.2, 0) is 0 Å². The van der Waals surface area contributed by atoms with Gasteiger partial charge in [-0.3, -0.25) is 0 Å². The minimum atomic E-state index is -1.23. The number of anilines is 1. The van der Waals surface area contributed by atoms with Crippen molar-refractivity contribution in [1.82, 2.24) is 4.98 Å². The summed E-state index contributed by atoms with van der Waals surface area (Å²) in [5.41, 5.74) is -0.288. The number of fused-ring (bicyclic) bond motifs is 1. The van der Waals surface area contributed by atoms with Crippen LogP contribution in [0.1, 0.15) is 13.3 Å². The van der Waals surface area contributed by atoms with Gasteiger partial charge in [-0.25, -0.2) is 18.2 Å². The Bertz CT molecular complexity index is 555. The lowest BCUT2D eigenvalue weighted by atomic mass is 10.2. The average molecular weight is 240 g/mol. The molecule has 1 aromatic carbocycles. The monoisotopic (exact) mass is 240 g/mol. The Balaban J connectivity index is 2.55. The van der Waals surface area contributed by atoms with E-state index in [9.17, 15) is 13.2 Å². The van der Waals surface area contributed by atoms with Gasteiger partial charge >= 0.3 is 0 Å². The van der Waals surface area contributed by atoms with E-state index in [1.807, 2.05) is 6.92 Å². The van der Waals surface area contributed by atoms with E-state index in [1.165, 1.54) is 6.07 Å². The van der Waals surface area contributed by atoms with E-state index >= 15 is 0 Å². The first-order valence-electron chi connectivity index (χ1n) is 5.31. The summed E-state index contributed by atoms with van der Waals surface area (Å²) in [4.78, 5) is 3.87. The molecule has 0 amide bonds. The van der Waals surface area contributed by atoms with Gasteiger partial charge in [-0.1, -0.05) is 6.92 Å². The Morgan fingerprint density at radius 3 is 2.65 bits per heavy atom. The SMILES string of the molecule is CCCNc1ccc2c(F)cc(F)c(F)c2n1. The predicted octanol–water partition coefficient (Wildman–Crippen LogP) is 3.47. The Morgan fingerprint density at radius 1 is 1.18 bits per heavy atom. The summed E-state index contributed by atoms with van der Waals surface area (Å²) in [6, 6.07) is 3.45. The van der Waals surface area contributed by atoms with Crippen molar-refractivity contribution in [1.29, 1.82) is 0 Å². The van der Waals surface area contributed by atoms with Crippen LogP contribution in [0.5, 0.6) is 0 Å². The Hall–Kier alpha value is -1.78. The molecule has 0 aliphatic rings. The highest BCUT2D eigenvalue weighted by atomic mass is 19.2. The van der Waals surface area contributed by atoms with E-state index in [2.05, 4.69) is 10.3 Å². The first kappa shape index (κ1) is 11.7. The van der Waals surface area contributed by atoms with Crippen LogP contribution in [0.4, 0.5) is 19.0 Å². The second kappa shape index (κ2) is 4.61. The van der Waals surface area contributed by atoms with Crippen molar-refractivity contribution in [2.75, 3.05) is 11.9 Å². The number of hydrogen-bond donors (Lipinski definition) is 1. The summed E-state index contributed by atoms with van der Waals surface area (Å²) >= 11 is 0. The molecular formula is C12H11F3N2. The molecule has 0 fully saturated rings. The fourth-order valence-electron chi connectivity index (χ4n) is 1.54. The topological polar surface area (TPSA) is 24.9 Å². The van der Waals surface area contributed by atoms with E-state index in [0.717, 1.165) is 6.42 Å². The Labute approximate surface area is 96.5 Å². The lowest BCUT2D eigenvalue weighted by Crippen LogP contribution is -2.03. The number of pyridine rings is 1. The Kier molecular flexibility index (Phi) is 3.17. The molecule has 0 aliphatic heterocycles. The molecule has 1 N–H and O–H groups in total. The van der Waals surface area contributed by atoms with Crippen molar-refractivity contribution in [3.8, 4) is 0 Å². The van der Waals surface area contributed by atoms with E-state index in [4.69, 9.17) is 0 Å². The van der Waals surface area contributed by atoms with E-state index < -0.39 is 17.5 Å². The molecule has 0 radical (unpaired) electrons. The smallest absolute Gasteiger partial charge is 0.185 e. The zero-order chi connectivity index (χ0) is 12.4. The molecule has 17 heavy (non-hydrogen) atoms. The van der Waals surface area contributed by atoms with Crippen LogP contribution in [0, 0.1) is 17.5 Å². The number of hydrogen-bond acceptors (Lipinski definition) is 2. The molecule has 0 spiro atoms. The number of halogens is 3. The minimum Gasteiger partial charge on any atom is -0.370 e. The molecule has 5 heteroatoms. The Morgan fingerprint density at radius 2 is 1.94 bits per heavy atom. The summed E-state index contributed by atoms with van der Waals surface area (Å²) in [5, 5.41) is 2.91.